The Balaban J connectivity index is 1.55. The second-order valence-electron chi connectivity index (χ2n) is 6.95. The molecule has 3 aromatic heterocycles. The van der Waals surface area contributed by atoms with Gasteiger partial charge < -0.3 is 15.0 Å². The van der Waals surface area contributed by atoms with Crippen molar-refractivity contribution in [3.8, 4) is 11.3 Å². The molecule has 2 N–H and O–H groups in total. The van der Waals surface area contributed by atoms with Gasteiger partial charge in [-0.2, -0.15) is 0 Å². The van der Waals surface area contributed by atoms with E-state index in [9.17, 15) is 0 Å². The summed E-state index contributed by atoms with van der Waals surface area (Å²) >= 11 is 1.81. The number of benzene rings is 2. The van der Waals surface area contributed by atoms with E-state index >= 15 is 0 Å². The van der Waals surface area contributed by atoms with Crippen molar-refractivity contribution in [2.75, 3.05) is 16.5 Å². The molecular formula is C22H16N6S. The fourth-order valence-corrected chi connectivity index (χ4v) is 4.75. The number of thioether (sulfide) groups is 1. The van der Waals surface area contributed by atoms with Crippen LogP contribution in [-0.4, -0.2) is 25.2 Å². The molecule has 6 rings (SSSR count). The average molecular weight is 396 g/mol. The molecule has 0 amide bonds. The highest BCUT2D eigenvalue weighted by Crippen LogP contribution is 2.43. The molecule has 0 bridgehead atoms. The quantitative estimate of drug-likeness (QED) is 0.465. The van der Waals surface area contributed by atoms with Crippen molar-refractivity contribution in [2.45, 2.75) is 4.90 Å². The van der Waals surface area contributed by atoms with Gasteiger partial charge >= 0.3 is 0 Å². The minimum absolute atomic E-state index is 0.652. The number of nitrogens with two attached hydrogens (primary N) is 1. The predicted molar refractivity (Wildman–Crippen MR) is 117 cm³/mol. The smallest absolute Gasteiger partial charge is 0.180 e. The molecule has 0 fully saturated rings. The van der Waals surface area contributed by atoms with Crippen LogP contribution in [0.25, 0.3) is 27.8 Å². The number of rotatable bonds is 2. The lowest BCUT2D eigenvalue weighted by atomic mass is 10.1. The third-order valence-corrected chi connectivity index (χ3v) is 6.16. The lowest BCUT2D eigenvalue weighted by molar-refractivity contribution is 1.06. The van der Waals surface area contributed by atoms with Crippen molar-refractivity contribution in [3.63, 3.8) is 0 Å². The zero-order chi connectivity index (χ0) is 19.4. The van der Waals surface area contributed by atoms with E-state index in [4.69, 9.17) is 10.7 Å². The number of anilines is 3. The zero-order valence-electron chi connectivity index (χ0n) is 15.4. The molecule has 4 heterocycles. The molecule has 0 unspecified atom stereocenters. The first-order chi connectivity index (χ1) is 14.3. The number of hydrogen-bond donors (Lipinski definition) is 1. The van der Waals surface area contributed by atoms with Crippen molar-refractivity contribution in [2.24, 2.45) is 0 Å². The van der Waals surface area contributed by atoms with Crippen LogP contribution in [0.1, 0.15) is 0 Å². The van der Waals surface area contributed by atoms with E-state index in [1.807, 2.05) is 53.0 Å². The number of pyridine rings is 1. The minimum Gasteiger partial charge on any atom is -0.397 e. The SMILES string of the molecule is Nc1cnc2ccc(-c3cn4ccnc4c(N4CSc5ccccc54)n3)cc2c1. The summed E-state index contributed by atoms with van der Waals surface area (Å²) in [6.07, 6.45) is 7.46. The number of para-hydroxylation sites is 1. The highest BCUT2D eigenvalue weighted by Gasteiger charge is 2.25. The molecule has 0 radical (unpaired) electrons. The van der Waals surface area contributed by atoms with Gasteiger partial charge in [0.15, 0.2) is 11.5 Å². The van der Waals surface area contributed by atoms with E-state index in [-0.39, 0.29) is 0 Å². The third-order valence-electron chi connectivity index (χ3n) is 5.12. The summed E-state index contributed by atoms with van der Waals surface area (Å²) in [5.41, 5.74) is 11.4. The first-order valence-electron chi connectivity index (χ1n) is 9.25. The molecule has 0 atom stereocenters. The fourth-order valence-electron chi connectivity index (χ4n) is 3.72. The topological polar surface area (TPSA) is 72.3 Å². The van der Waals surface area contributed by atoms with Gasteiger partial charge in [-0.15, -0.1) is 11.8 Å². The van der Waals surface area contributed by atoms with E-state index in [1.165, 1.54) is 10.6 Å². The minimum atomic E-state index is 0.652. The van der Waals surface area contributed by atoms with Gasteiger partial charge in [0.25, 0.3) is 0 Å². The molecule has 29 heavy (non-hydrogen) atoms. The predicted octanol–water partition coefficient (Wildman–Crippen LogP) is 4.73. The normalized spacial score (nSPS) is 13.3. The third kappa shape index (κ3) is 2.62. The molecular weight excluding hydrogens is 380 g/mol. The summed E-state index contributed by atoms with van der Waals surface area (Å²) in [6, 6.07) is 16.5. The molecule has 0 spiro atoms. The zero-order valence-corrected chi connectivity index (χ0v) is 16.2. The molecule has 1 aliphatic heterocycles. The van der Waals surface area contributed by atoms with Crippen molar-refractivity contribution in [3.05, 3.63) is 73.3 Å². The van der Waals surface area contributed by atoms with E-state index in [0.717, 1.165) is 39.5 Å². The Morgan fingerprint density at radius 2 is 1.97 bits per heavy atom. The van der Waals surface area contributed by atoms with E-state index in [2.05, 4.69) is 45.2 Å². The van der Waals surface area contributed by atoms with Crippen LogP contribution in [0.3, 0.4) is 0 Å². The molecule has 7 heteroatoms. The van der Waals surface area contributed by atoms with Crippen LogP contribution in [0.4, 0.5) is 17.2 Å². The van der Waals surface area contributed by atoms with Gasteiger partial charge in [-0.25, -0.2) is 9.97 Å². The number of hydrogen-bond acceptors (Lipinski definition) is 6. The Morgan fingerprint density at radius 1 is 1.03 bits per heavy atom. The van der Waals surface area contributed by atoms with E-state index in [1.54, 1.807) is 6.20 Å². The molecule has 6 nitrogen and oxygen atoms in total. The number of nitrogen functional groups attached to an aromatic ring is 1. The standard InChI is InChI=1S/C22H16N6S/c23-16-10-15-9-14(5-6-17(15)25-11-16)18-12-27-8-7-24-21(27)22(26-18)28-13-29-20-4-2-1-3-19(20)28/h1-12H,13,23H2. The van der Waals surface area contributed by atoms with Gasteiger partial charge in [-0.05, 0) is 30.3 Å². The van der Waals surface area contributed by atoms with Gasteiger partial charge in [-0.3, -0.25) is 4.98 Å². The van der Waals surface area contributed by atoms with E-state index < -0.39 is 0 Å². The molecule has 0 saturated carbocycles. The Hall–Kier alpha value is -3.58. The van der Waals surface area contributed by atoms with Gasteiger partial charge in [-0.1, -0.05) is 18.2 Å². The maximum Gasteiger partial charge on any atom is 0.180 e. The van der Waals surface area contributed by atoms with Crippen molar-refractivity contribution in [1.82, 2.24) is 19.4 Å². The van der Waals surface area contributed by atoms with Gasteiger partial charge in [0, 0.05) is 34.4 Å². The van der Waals surface area contributed by atoms with Crippen LogP contribution in [0.2, 0.25) is 0 Å². The van der Waals surface area contributed by atoms with Crippen LogP contribution >= 0.6 is 11.8 Å². The summed E-state index contributed by atoms with van der Waals surface area (Å²) in [7, 11) is 0. The lowest BCUT2D eigenvalue weighted by Crippen LogP contribution is -2.15. The summed E-state index contributed by atoms with van der Waals surface area (Å²) in [5, 5.41) is 0.999. The highest BCUT2D eigenvalue weighted by atomic mass is 32.2. The number of fused-ring (bicyclic) bond motifs is 3. The lowest BCUT2D eigenvalue weighted by Gasteiger charge is -2.19. The second-order valence-corrected chi connectivity index (χ2v) is 7.94. The molecule has 0 aliphatic carbocycles. The van der Waals surface area contributed by atoms with Crippen molar-refractivity contribution in [1.29, 1.82) is 0 Å². The van der Waals surface area contributed by atoms with Crippen LogP contribution in [-0.2, 0) is 0 Å². The largest absolute Gasteiger partial charge is 0.397 e. The number of imidazole rings is 1. The molecule has 5 aromatic rings. The monoisotopic (exact) mass is 396 g/mol. The van der Waals surface area contributed by atoms with Crippen molar-refractivity contribution < 1.29 is 0 Å². The Bertz CT molecular complexity index is 1390. The Kier molecular flexibility index (Phi) is 3.51. The fraction of sp³-hybridized carbons (Fsp3) is 0.0455. The average Bonchev–Trinajstić information content (AvgIpc) is 3.39. The van der Waals surface area contributed by atoms with Crippen molar-refractivity contribution >= 4 is 45.5 Å². The second kappa shape index (κ2) is 6.22. The Labute approximate surface area is 171 Å². The molecule has 1 aliphatic rings. The molecule has 140 valence electrons. The van der Waals surface area contributed by atoms with Gasteiger partial charge in [0.05, 0.1) is 34.7 Å². The summed E-state index contributed by atoms with van der Waals surface area (Å²) in [4.78, 5) is 17.5. The molecule has 2 aromatic carbocycles. The molecule has 0 saturated heterocycles. The van der Waals surface area contributed by atoms with Crippen LogP contribution in [0.15, 0.2) is 78.2 Å². The van der Waals surface area contributed by atoms with Crippen LogP contribution < -0.4 is 10.6 Å². The summed E-state index contributed by atoms with van der Waals surface area (Å²) in [6.45, 7) is 0. The maximum atomic E-state index is 5.93. The number of aromatic nitrogens is 4. The van der Waals surface area contributed by atoms with Gasteiger partial charge in [0.1, 0.15) is 0 Å². The maximum absolute atomic E-state index is 5.93. The first kappa shape index (κ1) is 16.4. The summed E-state index contributed by atoms with van der Waals surface area (Å²) in [5.74, 6) is 1.67. The van der Waals surface area contributed by atoms with Crippen LogP contribution in [0, 0.1) is 0 Å². The van der Waals surface area contributed by atoms with E-state index in [0.29, 0.717) is 5.69 Å². The number of nitrogens with zero attached hydrogens (tertiary/aromatic N) is 5. The van der Waals surface area contributed by atoms with Gasteiger partial charge in [0.2, 0.25) is 0 Å². The Morgan fingerprint density at radius 3 is 2.93 bits per heavy atom. The summed E-state index contributed by atoms with van der Waals surface area (Å²) < 4.78 is 2.03. The highest BCUT2D eigenvalue weighted by molar-refractivity contribution is 7.99. The van der Waals surface area contributed by atoms with Crippen LogP contribution in [0.5, 0.6) is 0 Å². The first-order valence-corrected chi connectivity index (χ1v) is 10.2.